The molecule has 86 valence electrons. The minimum atomic E-state index is -1.12. The number of amides is 1. The number of aliphatic carboxylic acids is 1. The summed E-state index contributed by atoms with van der Waals surface area (Å²) in [5.74, 6) is -1.21. The summed E-state index contributed by atoms with van der Waals surface area (Å²) in [5.41, 5.74) is 2.28. The molecule has 0 bridgehead atoms. The summed E-state index contributed by atoms with van der Waals surface area (Å²) in [6.45, 7) is 0.223. The third-order valence-electron chi connectivity index (χ3n) is 2.90. The van der Waals surface area contributed by atoms with Crippen molar-refractivity contribution in [3.05, 3.63) is 30.0 Å². The highest BCUT2D eigenvalue weighted by molar-refractivity contribution is 6.05. The van der Waals surface area contributed by atoms with Crippen LogP contribution in [0.25, 0.3) is 10.9 Å². The van der Waals surface area contributed by atoms with Crippen LogP contribution in [0.2, 0.25) is 0 Å². The first-order chi connectivity index (χ1) is 8.15. The molecule has 5 nitrogen and oxygen atoms in total. The average molecular weight is 229 g/mol. The normalized spacial score (nSPS) is 13.8. The zero-order chi connectivity index (χ0) is 12.0. The highest BCUT2D eigenvalue weighted by Gasteiger charge is 2.19. The van der Waals surface area contributed by atoms with E-state index in [-0.39, 0.29) is 18.9 Å². The van der Waals surface area contributed by atoms with Crippen LogP contribution in [0.15, 0.2) is 24.4 Å². The lowest BCUT2D eigenvalue weighted by atomic mass is 10.1. The number of hydrogen-bond acceptors (Lipinski definition) is 3. The molecule has 1 aliphatic heterocycles. The van der Waals surface area contributed by atoms with E-state index in [4.69, 9.17) is 0 Å². The number of anilines is 1. The molecule has 0 aliphatic carbocycles. The molecule has 2 heterocycles. The Hall–Kier alpha value is -2.30. The van der Waals surface area contributed by atoms with Gasteiger partial charge in [0.2, 0.25) is 5.91 Å². The number of carboxylic acids is 1. The zero-order valence-electron chi connectivity index (χ0n) is 8.90. The Kier molecular flexibility index (Phi) is 1.95. The van der Waals surface area contributed by atoms with Crippen LogP contribution in [-0.4, -0.2) is 16.4 Å². The number of nitrogens with zero attached hydrogens (tertiary/aromatic N) is 1. The molecule has 0 atom stereocenters. The van der Waals surface area contributed by atoms with Crippen LogP contribution in [-0.2, 0) is 22.6 Å². The Bertz CT molecular complexity index is 642. The topological polar surface area (TPSA) is 74.2 Å². The van der Waals surface area contributed by atoms with Crippen molar-refractivity contribution in [2.75, 3.05) is 5.32 Å². The van der Waals surface area contributed by atoms with Gasteiger partial charge in [0, 0.05) is 24.0 Å². The zero-order valence-corrected chi connectivity index (χ0v) is 8.90. The summed E-state index contributed by atoms with van der Waals surface area (Å²) in [6.07, 6.45) is 1.57. The maximum absolute atomic E-state index is 11.4. The van der Waals surface area contributed by atoms with Gasteiger partial charge in [-0.2, -0.15) is 0 Å². The van der Waals surface area contributed by atoms with E-state index in [1.54, 1.807) is 22.9 Å². The molecular formula is C12H9N2O3-. The Morgan fingerprint density at radius 1 is 1.47 bits per heavy atom. The number of para-hydroxylation sites is 1. The minimum absolute atomic E-state index is 0.0967. The fourth-order valence-electron chi connectivity index (χ4n) is 2.30. The van der Waals surface area contributed by atoms with Crippen LogP contribution in [0.5, 0.6) is 0 Å². The fraction of sp³-hybridized carbons (Fsp3) is 0.167. The summed E-state index contributed by atoms with van der Waals surface area (Å²) in [7, 11) is 0. The fourth-order valence-corrected chi connectivity index (χ4v) is 2.30. The maximum Gasteiger partial charge on any atom is 0.244 e. The Labute approximate surface area is 96.7 Å². The van der Waals surface area contributed by atoms with E-state index < -0.39 is 5.97 Å². The van der Waals surface area contributed by atoms with Crippen molar-refractivity contribution < 1.29 is 14.7 Å². The molecule has 3 rings (SSSR count). The monoisotopic (exact) mass is 229 g/mol. The van der Waals surface area contributed by atoms with Crippen molar-refractivity contribution in [2.24, 2.45) is 0 Å². The SMILES string of the molecule is O=C([O-])Cc1cn2c3c(cccc13)NC(=O)C2. The molecular weight excluding hydrogens is 220 g/mol. The van der Waals surface area contributed by atoms with Gasteiger partial charge in [0.25, 0.3) is 0 Å². The summed E-state index contributed by atoms with van der Waals surface area (Å²) in [5, 5.41) is 14.3. The molecule has 1 amide bonds. The van der Waals surface area contributed by atoms with Gasteiger partial charge in [-0.05, 0) is 11.6 Å². The van der Waals surface area contributed by atoms with Crippen molar-refractivity contribution in [1.82, 2.24) is 4.57 Å². The van der Waals surface area contributed by atoms with E-state index in [1.807, 2.05) is 6.07 Å². The van der Waals surface area contributed by atoms with Crippen molar-refractivity contribution in [3.8, 4) is 0 Å². The van der Waals surface area contributed by atoms with Gasteiger partial charge in [-0.15, -0.1) is 0 Å². The highest BCUT2D eigenvalue weighted by Crippen LogP contribution is 2.30. The molecule has 1 aromatic carbocycles. The first kappa shape index (κ1) is 9.89. The first-order valence-corrected chi connectivity index (χ1v) is 5.25. The molecule has 5 heteroatoms. The Morgan fingerprint density at radius 3 is 3.06 bits per heavy atom. The lowest BCUT2D eigenvalue weighted by Crippen LogP contribution is -2.24. The van der Waals surface area contributed by atoms with Gasteiger partial charge in [0.1, 0.15) is 6.54 Å². The number of carboxylic acid groups (broad SMARTS) is 1. The van der Waals surface area contributed by atoms with Crippen LogP contribution in [0.1, 0.15) is 5.56 Å². The van der Waals surface area contributed by atoms with E-state index in [1.165, 1.54) is 0 Å². The molecule has 1 aliphatic rings. The van der Waals surface area contributed by atoms with Gasteiger partial charge in [-0.3, -0.25) is 4.79 Å². The average Bonchev–Trinajstić information content (AvgIpc) is 2.57. The molecule has 1 aromatic heterocycles. The largest absolute Gasteiger partial charge is 0.550 e. The molecule has 0 radical (unpaired) electrons. The summed E-state index contributed by atoms with van der Waals surface area (Å²) in [4.78, 5) is 22.1. The molecule has 17 heavy (non-hydrogen) atoms. The molecule has 0 saturated heterocycles. The second-order valence-corrected chi connectivity index (χ2v) is 4.08. The highest BCUT2D eigenvalue weighted by atomic mass is 16.4. The smallest absolute Gasteiger partial charge is 0.244 e. The van der Waals surface area contributed by atoms with E-state index in [0.717, 1.165) is 16.6 Å². The lowest BCUT2D eigenvalue weighted by molar-refractivity contribution is -0.304. The van der Waals surface area contributed by atoms with Crippen LogP contribution < -0.4 is 10.4 Å². The quantitative estimate of drug-likeness (QED) is 0.780. The van der Waals surface area contributed by atoms with E-state index in [0.29, 0.717) is 5.56 Å². The lowest BCUT2D eigenvalue weighted by Gasteiger charge is -2.15. The van der Waals surface area contributed by atoms with Crippen LogP contribution in [0.4, 0.5) is 5.69 Å². The van der Waals surface area contributed by atoms with Crippen molar-refractivity contribution in [3.63, 3.8) is 0 Å². The number of rotatable bonds is 2. The Morgan fingerprint density at radius 2 is 2.29 bits per heavy atom. The molecule has 2 aromatic rings. The van der Waals surface area contributed by atoms with Gasteiger partial charge in [0.05, 0.1) is 11.2 Å². The number of nitrogens with one attached hydrogen (secondary N) is 1. The van der Waals surface area contributed by atoms with Crippen molar-refractivity contribution in [1.29, 1.82) is 0 Å². The van der Waals surface area contributed by atoms with Gasteiger partial charge in [-0.25, -0.2) is 0 Å². The van der Waals surface area contributed by atoms with E-state index in [9.17, 15) is 14.7 Å². The molecule has 0 saturated carbocycles. The second-order valence-electron chi connectivity index (χ2n) is 4.08. The van der Waals surface area contributed by atoms with Gasteiger partial charge >= 0.3 is 0 Å². The molecule has 1 N–H and O–H groups in total. The third-order valence-corrected chi connectivity index (χ3v) is 2.90. The van der Waals surface area contributed by atoms with Crippen LogP contribution in [0, 0.1) is 0 Å². The van der Waals surface area contributed by atoms with Crippen LogP contribution >= 0.6 is 0 Å². The van der Waals surface area contributed by atoms with E-state index in [2.05, 4.69) is 5.32 Å². The number of hydrogen-bond donors (Lipinski definition) is 1. The number of benzene rings is 1. The summed E-state index contributed by atoms with van der Waals surface area (Å²) < 4.78 is 1.78. The summed E-state index contributed by atoms with van der Waals surface area (Å²) in [6, 6.07) is 5.45. The van der Waals surface area contributed by atoms with Gasteiger partial charge < -0.3 is 19.8 Å². The van der Waals surface area contributed by atoms with Gasteiger partial charge in [0.15, 0.2) is 0 Å². The van der Waals surface area contributed by atoms with Crippen LogP contribution in [0.3, 0.4) is 0 Å². The second kappa shape index (κ2) is 3.35. The first-order valence-electron chi connectivity index (χ1n) is 5.25. The van der Waals surface area contributed by atoms with Crippen molar-refractivity contribution in [2.45, 2.75) is 13.0 Å². The predicted octanol–water partition coefficient (Wildman–Crippen LogP) is -0.114. The standard InChI is InChI=1S/C12H10N2O3/c15-10-6-14-5-7(4-11(16)17)8-2-1-3-9(13-10)12(8)14/h1-3,5H,4,6H2,(H,13,15)(H,16,17)/p-1. The maximum atomic E-state index is 11.4. The summed E-state index contributed by atoms with van der Waals surface area (Å²) >= 11 is 0. The Balaban J connectivity index is 2.26. The van der Waals surface area contributed by atoms with Gasteiger partial charge in [-0.1, -0.05) is 12.1 Å². The van der Waals surface area contributed by atoms with Crippen molar-refractivity contribution >= 4 is 28.5 Å². The predicted molar refractivity (Wildman–Crippen MR) is 59.3 cm³/mol. The number of carbonyl (C=O) groups is 2. The molecule has 0 fully saturated rings. The number of aromatic nitrogens is 1. The van der Waals surface area contributed by atoms with E-state index >= 15 is 0 Å². The molecule has 0 spiro atoms. The molecule has 0 unspecified atom stereocenters. The minimum Gasteiger partial charge on any atom is -0.550 e. The number of carbonyl (C=O) groups excluding carboxylic acids is 2. The third kappa shape index (κ3) is 1.47.